The summed E-state index contributed by atoms with van der Waals surface area (Å²) in [5.74, 6) is -0.279. The molecule has 1 heterocycles. The van der Waals surface area contributed by atoms with Gasteiger partial charge in [-0.15, -0.1) is 0 Å². The predicted octanol–water partition coefficient (Wildman–Crippen LogP) is 7.20. The highest BCUT2D eigenvalue weighted by molar-refractivity contribution is 6.32. The maximum atomic E-state index is 11.5. The Morgan fingerprint density at radius 1 is 0.825 bits per heavy atom. The van der Waals surface area contributed by atoms with E-state index >= 15 is 0 Å². The molecule has 8 heteroatoms. The first-order chi connectivity index (χ1) is 19.4. The van der Waals surface area contributed by atoms with Crippen molar-refractivity contribution in [2.24, 2.45) is 0 Å². The Morgan fingerprint density at radius 2 is 1.57 bits per heavy atom. The maximum Gasteiger partial charge on any atom is 0.307 e. The van der Waals surface area contributed by atoms with Crippen LogP contribution in [-0.4, -0.2) is 39.9 Å². The van der Waals surface area contributed by atoms with Crippen LogP contribution in [0.15, 0.2) is 72.9 Å². The lowest BCUT2D eigenvalue weighted by atomic mass is 10.0. The van der Waals surface area contributed by atoms with Crippen molar-refractivity contribution in [1.82, 2.24) is 4.57 Å². The van der Waals surface area contributed by atoms with Crippen molar-refractivity contribution in [2.75, 3.05) is 13.2 Å². The number of hydrogen-bond acceptors (Lipinski definition) is 4. The average molecular weight is 562 g/mol. The highest BCUT2D eigenvalue weighted by Crippen LogP contribution is 2.28. The van der Waals surface area contributed by atoms with Crippen molar-refractivity contribution in [2.45, 2.75) is 38.6 Å². The summed E-state index contributed by atoms with van der Waals surface area (Å²) in [7, 11) is 0. The smallest absolute Gasteiger partial charge is 0.307 e. The topological polar surface area (TPSA) is 98.0 Å². The Labute approximate surface area is 238 Å². The first kappa shape index (κ1) is 28.8. The summed E-state index contributed by atoms with van der Waals surface area (Å²) in [6, 6.07) is 21.0. The first-order valence-electron chi connectivity index (χ1n) is 13.2. The third kappa shape index (κ3) is 8.13. The zero-order valence-electron chi connectivity index (χ0n) is 22.1. The lowest BCUT2D eigenvalue weighted by Gasteiger charge is -2.09. The second kappa shape index (κ2) is 14.2. The summed E-state index contributed by atoms with van der Waals surface area (Å²) >= 11 is 6.10. The number of hydrogen-bond donors (Lipinski definition) is 2. The Hall–Kier alpha value is -4.23. The Bertz CT molecular complexity index is 1470. The van der Waals surface area contributed by atoms with E-state index in [0.717, 1.165) is 40.6 Å². The summed E-state index contributed by atoms with van der Waals surface area (Å²) in [6.45, 7) is 1.66. The van der Waals surface area contributed by atoms with E-state index in [0.29, 0.717) is 42.5 Å². The molecule has 1 aromatic heterocycles. The van der Waals surface area contributed by atoms with Crippen molar-refractivity contribution in [3.63, 3.8) is 0 Å². The third-order valence-corrected chi connectivity index (χ3v) is 6.70. The Morgan fingerprint density at radius 3 is 2.30 bits per heavy atom. The fourth-order valence-electron chi connectivity index (χ4n) is 4.49. The van der Waals surface area contributed by atoms with Crippen molar-refractivity contribution in [3.05, 3.63) is 94.6 Å². The SMILES string of the molecule is O=C(O)CCCn1cc(CC(=O)O)c2c(/C=C/c3ccc(OCCCCOc4ccccc4Cl)cc3)cccc21. The van der Waals surface area contributed by atoms with Gasteiger partial charge in [0.2, 0.25) is 0 Å². The van der Waals surface area contributed by atoms with Crippen molar-refractivity contribution in [3.8, 4) is 11.5 Å². The van der Waals surface area contributed by atoms with E-state index in [1.54, 1.807) is 6.07 Å². The number of unbranched alkanes of at least 4 members (excludes halogenated alkanes) is 1. The van der Waals surface area contributed by atoms with Crippen molar-refractivity contribution in [1.29, 1.82) is 0 Å². The number of fused-ring (bicyclic) bond motifs is 1. The van der Waals surface area contributed by atoms with E-state index < -0.39 is 11.9 Å². The van der Waals surface area contributed by atoms with Gasteiger partial charge in [0.15, 0.2) is 0 Å². The van der Waals surface area contributed by atoms with Gasteiger partial charge in [0.1, 0.15) is 11.5 Å². The van der Waals surface area contributed by atoms with Crippen LogP contribution in [0, 0.1) is 0 Å². The fourth-order valence-corrected chi connectivity index (χ4v) is 4.68. The molecule has 0 unspecified atom stereocenters. The molecule has 0 spiro atoms. The fraction of sp³-hybridized carbons (Fsp3) is 0.250. The molecule has 0 amide bonds. The summed E-state index contributed by atoms with van der Waals surface area (Å²) in [6.07, 6.45) is 7.91. The summed E-state index contributed by atoms with van der Waals surface area (Å²) in [5, 5.41) is 19.9. The number of halogens is 1. The maximum absolute atomic E-state index is 11.5. The zero-order valence-corrected chi connectivity index (χ0v) is 22.8. The molecule has 40 heavy (non-hydrogen) atoms. The molecular weight excluding hydrogens is 530 g/mol. The highest BCUT2D eigenvalue weighted by Gasteiger charge is 2.14. The number of nitrogens with zero attached hydrogens (tertiary/aromatic N) is 1. The molecular formula is C32H32ClNO6. The van der Waals surface area contributed by atoms with Crippen LogP contribution in [-0.2, 0) is 22.6 Å². The lowest BCUT2D eigenvalue weighted by Crippen LogP contribution is -2.02. The van der Waals surface area contributed by atoms with Crippen LogP contribution < -0.4 is 9.47 Å². The summed E-state index contributed by atoms with van der Waals surface area (Å²) < 4.78 is 13.5. The predicted molar refractivity (Wildman–Crippen MR) is 157 cm³/mol. The average Bonchev–Trinajstić information content (AvgIpc) is 3.28. The first-order valence-corrected chi connectivity index (χ1v) is 13.6. The van der Waals surface area contributed by atoms with Crippen LogP contribution in [0.25, 0.3) is 23.1 Å². The summed E-state index contributed by atoms with van der Waals surface area (Å²) in [5.41, 5.74) is 3.49. The molecule has 0 saturated heterocycles. The number of carboxylic acids is 2. The number of rotatable bonds is 15. The van der Waals surface area contributed by atoms with Gasteiger partial charge in [0, 0.05) is 30.1 Å². The van der Waals surface area contributed by atoms with Gasteiger partial charge in [0.05, 0.1) is 24.7 Å². The van der Waals surface area contributed by atoms with E-state index in [1.165, 1.54) is 0 Å². The van der Waals surface area contributed by atoms with E-state index in [4.69, 9.17) is 26.2 Å². The lowest BCUT2D eigenvalue weighted by molar-refractivity contribution is -0.137. The van der Waals surface area contributed by atoms with Gasteiger partial charge < -0.3 is 24.3 Å². The second-order valence-electron chi connectivity index (χ2n) is 9.39. The van der Waals surface area contributed by atoms with Gasteiger partial charge in [-0.3, -0.25) is 9.59 Å². The number of aryl methyl sites for hydroxylation is 1. The molecule has 4 aromatic rings. The standard InChI is InChI=1S/C32H32ClNO6/c33-27-8-1-2-10-29(27)40-20-4-3-19-39-26-16-13-23(14-17-26)12-15-24-7-5-9-28-32(24)25(21-31(37)38)22-34(28)18-6-11-30(35)36/h1-2,5,7-10,12-17,22H,3-4,6,11,18-21H2,(H,35,36)(H,37,38)/b15-12+. The van der Waals surface area contributed by atoms with Crippen LogP contribution in [0.1, 0.15) is 42.4 Å². The van der Waals surface area contributed by atoms with E-state index in [-0.39, 0.29) is 12.8 Å². The number of benzene rings is 3. The number of carboxylic acid groups (broad SMARTS) is 2. The molecule has 0 saturated carbocycles. The number of ether oxygens (including phenoxy) is 2. The molecule has 0 atom stereocenters. The van der Waals surface area contributed by atoms with Crippen LogP contribution in [0.4, 0.5) is 0 Å². The van der Waals surface area contributed by atoms with Crippen molar-refractivity contribution >= 4 is 46.6 Å². The van der Waals surface area contributed by atoms with Gasteiger partial charge in [-0.05, 0) is 66.3 Å². The Kier molecular flexibility index (Phi) is 10.2. The van der Waals surface area contributed by atoms with Gasteiger partial charge in [-0.1, -0.05) is 60.2 Å². The largest absolute Gasteiger partial charge is 0.494 e. The minimum absolute atomic E-state index is 0.0608. The van der Waals surface area contributed by atoms with Gasteiger partial charge in [-0.25, -0.2) is 0 Å². The second-order valence-corrected chi connectivity index (χ2v) is 9.80. The zero-order chi connectivity index (χ0) is 28.3. The third-order valence-electron chi connectivity index (χ3n) is 6.39. The molecule has 7 nitrogen and oxygen atoms in total. The van der Waals surface area contributed by atoms with Crippen LogP contribution >= 0.6 is 11.6 Å². The van der Waals surface area contributed by atoms with Crippen LogP contribution in [0.5, 0.6) is 11.5 Å². The van der Waals surface area contributed by atoms with Crippen LogP contribution in [0.2, 0.25) is 5.02 Å². The van der Waals surface area contributed by atoms with Crippen LogP contribution in [0.3, 0.4) is 0 Å². The summed E-state index contributed by atoms with van der Waals surface area (Å²) in [4.78, 5) is 22.4. The monoisotopic (exact) mass is 561 g/mol. The minimum atomic E-state index is -0.910. The van der Waals surface area contributed by atoms with Gasteiger partial charge >= 0.3 is 11.9 Å². The van der Waals surface area contributed by atoms with Crippen molar-refractivity contribution < 1.29 is 29.3 Å². The van der Waals surface area contributed by atoms with E-state index in [9.17, 15) is 14.7 Å². The number of aliphatic carboxylic acids is 2. The van der Waals surface area contributed by atoms with Gasteiger partial charge in [-0.2, -0.15) is 0 Å². The molecule has 4 rings (SSSR count). The Balaban J connectivity index is 1.35. The molecule has 0 bridgehead atoms. The molecule has 208 valence electrons. The van der Waals surface area contributed by atoms with E-state index in [1.807, 2.05) is 83.6 Å². The van der Waals surface area contributed by atoms with E-state index in [2.05, 4.69) is 0 Å². The molecule has 2 N–H and O–H groups in total. The molecule has 0 aliphatic heterocycles. The molecule has 0 aliphatic carbocycles. The number of aromatic nitrogens is 1. The number of carbonyl (C=O) groups is 2. The number of para-hydroxylation sites is 1. The quantitative estimate of drug-likeness (QED) is 0.118. The molecule has 0 radical (unpaired) electrons. The van der Waals surface area contributed by atoms with Gasteiger partial charge in [0.25, 0.3) is 0 Å². The normalized spacial score (nSPS) is 11.2. The minimum Gasteiger partial charge on any atom is -0.494 e. The highest BCUT2D eigenvalue weighted by atomic mass is 35.5. The molecule has 0 fully saturated rings. The molecule has 0 aliphatic rings. The molecule has 3 aromatic carbocycles.